The van der Waals surface area contributed by atoms with E-state index in [1.165, 1.54) is 5.39 Å². The monoisotopic (exact) mass is 428 g/mol. The van der Waals surface area contributed by atoms with Gasteiger partial charge in [-0.1, -0.05) is 18.2 Å². The topological polar surface area (TPSA) is 79.4 Å². The van der Waals surface area contributed by atoms with Gasteiger partial charge in [0.15, 0.2) is 5.82 Å². The van der Waals surface area contributed by atoms with Gasteiger partial charge in [-0.15, -0.1) is 0 Å². The van der Waals surface area contributed by atoms with Gasteiger partial charge in [-0.2, -0.15) is 0 Å². The van der Waals surface area contributed by atoms with Gasteiger partial charge in [0.25, 0.3) is 0 Å². The second kappa shape index (κ2) is 8.16. The lowest BCUT2D eigenvalue weighted by Crippen LogP contribution is -2.05. The van der Waals surface area contributed by atoms with Crippen molar-refractivity contribution in [3.8, 4) is 22.5 Å². The lowest BCUT2D eigenvalue weighted by atomic mass is 10.0. The van der Waals surface area contributed by atoms with Gasteiger partial charge in [-0.25, -0.2) is 9.97 Å². The van der Waals surface area contributed by atoms with Crippen LogP contribution < -0.4 is 5.32 Å². The molecule has 6 nitrogen and oxygen atoms in total. The van der Waals surface area contributed by atoms with Crippen LogP contribution in [0.25, 0.3) is 44.3 Å². The van der Waals surface area contributed by atoms with Crippen molar-refractivity contribution in [2.75, 3.05) is 5.32 Å². The van der Waals surface area contributed by atoms with Gasteiger partial charge < -0.3 is 10.3 Å². The minimum Gasteiger partial charge on any atom is -0.364 e. The maximum atomic E-state index is 4.87. The normalized spacial score (nSPS) is 11.2. The molecule has 158 valence electrons. The number of hydrogen-bond acceptors (Lipinski definition) is 5. The number of fused-ring (bicyclic) bond motifs is 2. The van der Waals surface area contributed by atoms with Crippen LogP contribution in [0.4, 0.5) is 5.82 Å². The molecule has 0 radical (unpaired) electrons. The summed E-state index contributed by atoms with van der Waals surface area (Å²) in [5, 5.41) is 5.63. The maximum absolute atomic E-state index is 4.87. The van der Waals surface area contributed by atoms with Gasteiger partial charge in [-0.05, 0) is 71.1 Å². The van der Waals surface area contributed by atoms with E-state index in [2.05, 4.69) is 62.7 Å². The van der Waals surface area contributed by atoms with Crippen LogP contribution in [0.5, 0.6) is 0 Å². The molecule has 4 heterocycles. The summed E-state index contributed by atoms with van der Waals surface area (Å²) in [4.78, 5) is 21.6. The van der Waals surface area contributed by atoms with Crippen LogP contribution in [0.3, 0.4) is 0 Å². The number of H-pyrrole nitrogens is 1. The Bertz CT molecular complexity index is 1560. The van der Waals surface area contributed by atoms with Crippen molar-refractivity contribution in [2.24, 2.45) is 0 Å². The van der Waals surface area contributed by atoms with Crippen LogP contribution in [0.2, 0.25) is 0 Å². The first-order valence-electron chi connectivity index (χ1n) is 10.8. The molecule has 0 aliphatic carbocycles. The van der Waals surface area contributed by atoms with E-state index in [0.29, 0.717) is 12.4 Å². The summed E-state index contributed by atoms with van der Waals surface area (Å²) >= 11 is 0. The van der Waals surface area contributed by atoms with Crippen molar-refractivity contribution in [3.05, 3.63) is 103 Å². The van der Waals surface area contributed by atoms with Gasteiger partial charge in [0.05, 0.1) is 17.8 Å². The lowest BCUT2D eigenvalue weighted by molar-refractivity contribution is 1.03. The second-order valence-electron chi connectivity index (χ2n) is 7.82. The van der Waals surface area contributed by atoms with Crippen LogP contribution in [0.1, 0.15) is 5.69 Å². The van der Waals surface area contributed by atoms with Crippen molar-refractivity contribution < 1.29 is 0 Å². The Kier molecular flexibility index (Phi) is 4.73. The largest absolute Gasteiger partial charge is 0.364 e. The number of nitrogens with zero attached hydrogens (tertiary/aromatic N) is 4. The average Bonchev–Trinajstić information content (AvgIpc) is 3.36. The molecule has 2 aromatic carbocycles. The highest BCUT2D eigenvalue weighted by Crippen LogP contribution is 2.31. The van der Waals surface area contributed by atoms with Crippen LogP contribution in [0.15, 0.2) is 97.6 Å². The van der Waals surface area contributed by atoms with Crippen molar-refractivity contribution in [3.63, 3.8) is 0 Å². The molecular weight excluding hydrogens is 408 g/mol. The fourth-order valence-corrected chi connectivity index (χ4v) is 3.98. The minimum absolute atomic E-state index is 0.568. The Hall–Kier alpha value is -4.58. The molecule has 0 aliphatic rings. The van der Waals surface area contributed by atoms with Gasteiger partial charge in [0.1, 0.15) is 5.82 Å². The summed E-state index contributed by atoms with van der Waals surface area (Å²) in [5.74, 6) is 1.41. The molecule has 6 heteroatoms. The predicted molar refractivity (Wildman–Crippen MR) is 132 cm³/mol. The van der Waals surface area contributed by atoms with Gasteiger partial charge in [-0.3, -0.25) is 9.97 Å². The SMILES string of the molecule is c1ccc(CNc2nc(-c3cccnc3)nc3ccc(-c4ccc5[nH]ccc5c4)cc23)nc1. The number of aromatic amines is 1. The number of pyridine rings is 2. The smallest absolute Gasteiger partial charge is 0.163 e. The number of anilines is 1. The molecular formula is C27H20N6. The van der Waals surface area contributed by atoms with E-state index in [-0.39, 0.29) is 0 Å². The predicted octanol–water partition coefficient (Wildman–Crippen LogP) is 5.85. The standard InChI is InChI=1S/C27H20N6/c1-2-12-29-22(5-1)17-31-27-23-15-19(18-6-8-24-20(14-18)10-13-30-24)7-9-25(23)32-26(33-27)21-4-3-11-28-16-21/h1-16,30H,17H2,(H,31,32,33). The molecule has 6 aromatic rings. The van der Waals surface area contributed by atoms with Gasteiger partial charge in [0, 0.05) is 41.3 Å². The molecule has 0 unspecified atom stereocenters. The number of hydrogen-bond donors (Lipinski definition) is 2. The summed E-state index contributed by atoms with van der Waals surface area (Å²) in [5.41, 5.74) is 6.09. The van der Waals surface area contributed by atoms with Crippen molar-refractivity contribution in [1.82, 2.24) is 24.9 Å². The molecule has 0 aliphatic heterocycles. The first kappa shape index (κ1) is 19.1. The van der Waals surface area contributed by atoms with Gasteiger partial charge in [0.2, 0.25) is 0 Å². The van der Waals surface area contributed by atoms with E-state index in [1.807, 2.05) is 36.5 Å². The van der Waals surface area contributed by atoms with Gasteiger partial charge >= 0.3 is 0 Å². The van der Waals surface area contributed by atoms with E-state index >= 15 is 0 Å². The fourth-order valence-electron chi connectivity index (χ4n) is 3.98. The Labute approximate surface area is 190 Å². The molecule has 0 amide bonds. The van der Waals surface area contributed by atoms with E-state index in [1.54, 1.807) is 18.6 Å². The molecule has 0 spiro atoms. The Morgan fingerprint density at radius 1 is 0.788 bits per heavy atom. The van der Waals surface area contributed by atoms with E-state index in [0.717, 1.165) is 44.6 Å². The highest BCUT2D eigenvalue weighted by molar-refractivity contribution is 5.95. The Morgan fingerprint density at radius 2 is 1.73 bits per heavy atom. The Balaban J connectivity index is 1.47. The minimum atomic E-state index is 0.568. The summed E-state index contributed by atoms with van der Waals surface area (Å²) in [6.45, 7) is 0.568. The summed E-state index contributed by atoms with van der Waals surface area (Å²) < 4.78 is 0. The van der Waals surface area contributed by atoms with Crippen LogP contribution in [-0.4, -0.2) is 24.9 Å². The van der Waals surface area contributed by atoms with Crippen molar-refractivity contribution in [1.29, 1.82) is 0 Å². The molecule has 0 atom stereocenters. The average molecular weight is 428 g/mol. The maximum Gasteiger partial charge on any atom is 0.163 e. The summed E-state index contributed by atoms with van der Waals surface area (Å²) in [7, 11) is 0. The fraction of sp³-hybridized carbons (Fsp3) is 0.0370. The van der Waals surface area contributed by atoms with Crippen LogP contribution in [0, 0.1) is 0 Å². The summed E-state index contributed by atoms with van der Waals surface area (Å²) in [6.07, 6.45) is 7.29. The van der Waals surface area contributed by atoms with Crippen LogP contribution >= 0.6 is 0 Å². The first-order chi connectivity index (χ1) is 16.3. The molecule has 0 fully saturated rings. The number of aromatic nitrogens is 5. The zero-order valence-corrected chi connectivity index (χ0v) is 17.7. The summed E-state index contributed by atoms with van der Waals surface area (Å²) in [6, 6.07) is 24.6. The third-order valence-corrected chi connectivity index (χ3v) is 5.67. The third kappa shape index (κ3) is 3.78. The quantitative estimate of drug-likeness (QED) is 0.360. The van der Waals surface area contributed by atoms with Crippen molar-refractivity contribution in [2.45, 2.75) is 6.54 Å². The van der Waals surface area contributed by atoms with Crippen LogP contribution in [-0.2, 0) is 6.54 Å². The molecule has 0 bridgehead atoms. The van der Waals surface area contributed by atoms with Crippen molar-refractivity contribution >= 4 is 27.6 Å². The van der Waals surface area contributed by atoms with E-state index in [9.17, 15) is 0 Å². The zero-order chi connectivity index (χ0) is 22.0. The third-order valence-electron chi connectivity index (χ3n) is 5.67. The van der Waals surface area contributed by atoms with E-state index < -0.39 is 0 Å². The second-order valence-corrected chi connectivity index (χ2v) is 7.82. The molecule has 2 N–H and O–H groups in total. The zero-order valence-electron chi connectivity index (χ0n) is 17.7. The highest BCUT2D eigenvalue weighted by atomic mass is 15.0. The Morgan fingerprint density at radius 3 is 2.61 bits per heavy atom. The molecule has 0 saturated carbocycles. The number of nitrogens with one attached hydrogen (secondary N) is 2. The molecule has 0 saturated heterocycles. The molecule has 33 heavy (non-hydrogen) atoms. The lowest BCUT2D eigenvalue weighted by Gasteiger charge is -2.12. The highest BCUT2D eigenvalue weighted by Gasteiger charge is 2.12. The first-order valence-corrected chi connectivity index (χ1v) is 10.8. The molecule has 6 rings (SSSR count). The number of benzene rings is 2. The number of rotatable bonds is 5. The van der Waals surface area contributed by atoms with E-state index in [4.69, 9.17) is 9.97 Å². The molecule has 4 aromatic heterocycles.